The van der Waals surface area contributed by atoms with Crippen LogP contribution in [-0.2, 0) is 14.3 Å². The zero-order valence-electron chi connectivity index (χ0n) is 11.0. The molecule has 0 spiro atoms. The summed E-state index contributed by atoms with van der Waals surface area (Å²) in [5.74, 6) is 0.158. The Morgan fingerprint density at radius 3 is 2.53 bits per heavy atom. The maximum atomic E-state index is 11.9. The van der Waals surface area contributed by atoms with Gasteiger partial charge in [0.15, 0.2) is 6.29 Å². The van der Waals surface area contributed by atoms with E-state index in [-0.39, 0.29) is 24.2 Å². The van der Waals surface area contributed by atoms with E-state index in [2.05, 4.69) is 10.6 Å². The molecular formula is C12H24N2O3. The summed E-state index contributed by atoms with van der Waals surface area (Å²) in [7, 11) is 0. The van der Waals surface area contributed by atoms with E-state index in [1.165, 1.54) is 0 Å². The molecule has 1 fully saturated rings. The first kappa shape index (κ1) is 14.4. The highest BCUT2D eigenvalue weighted by Crippen LogP contribution is 2.14. The number of ether oxygens (including phenoxy) is 2. The summed E-state index contributed by atoms with van der Waals surface area (Å²) in [6.07, 6.45) is 0.569. The fraction of sp³-hybridized carbons (Fsp3) is 0.917. The molecule has 2 unspecified atom stereocenters. The minimum absolute atomic E-state index is 0.0684. The van der Waals surface area contributed by atoms with Crippen molar-refractivity contribution in [1.82, 2.24) is 10.6 Å². The maximum absolute atomic E-state index is 11.9. The quantitative estimate of drug-likeness (QED) is 0.640. The molecule has 1 heterocycles. The number of carbonyl (C=O) groups is 1. The number of carbonyl (C=O) groups excluding carboxylic acids is 1. The van der Waals surface area contributed by atoms with Gasteiger partial charge in [0, 0.05) is 19.3 Å². The molecule has 0 aromatic rings. The zero-order valence-corrected chi connectivity index (χ0v) is 11.0. The Bertz CT molecular complexity index is 230. The van der Waals surface area contributed by atoms with Crippen LogP contribution >= 0.6 is 0 Å². The van der Waals surface area contributed by atoms with Crippen LogP contribution in [0.1, 0.15) is 27.2 Å². The smallest absolute Gasteiger partial charge is 0.224 e. The largest absolute Gasteiger partial charge is 0.351 e. The van der Waals surface area contributed by atoms with Gasteiger partial charge in [-0.25, -0.2) is 0 Å². The van der Waals surface area contributed by atoms with Gasteiger partial charge in [0.2, 0.25) is 5.91 Å². The van der Waals surface area contributed by atoms with Crippen molar-refractivity contribution in [2.75, 3.05) is 26.3 Å². The molecule has 100 valence electrons. The van der Waals surface area contributed by atoms with Crippen LogP contribution in [0.5, 0.6) is 0 Å². The Kier molecular flexibility index (Phi) is 6.47. The second-order valence-electron chi connectivity index (χ2n) is 4.22. The summed E-state index contributed by atoms with van der Waals surface area (Å²) >= 11 is 0. The van der Waals surface area contributed by atoms with Crippen molar-refractivity contribution in [2.24, 2.45) is 5.92 Å². The van der Waals surface area contributed by atoms with E-state index in [1.807, 2.05) is 20.8 Å². The summed E-state index contributed by atoms with van der Waals surface area (Å²) in [5, 5.41) is 6.16. The first-order valence-electron chi connectivity index (χ1n) is 6.43. The van der Waals surface area contributed by atoms with Gasteiger partial charge in [-0.1, -0.05) is 0 Å². The minimum Gasteiger partial charge on any atom is -0.351 e. The molecule has 1 aliphatic rings. The molecule has 5 nitrogen and oxygen atoms in total. The first-order chi connectivity index (χ1) is 8.19. The van der Waals surface area contributed by atoms with Crippen molar-refractivity contribution in [3.8, 4) is 0 Å². The van der Waals surface area contributed by atoms with Crippen LogP contribution in [0.15, 0.2) is 0 Å². The number of nitrogens with one attached hydrogen (secondary N) is 2. The summed E-state index contributed by atoms with van der Waals surface area (Å²) in [4.78, 5) is 11.9. The summed E-state index contributed by atoms with van der Waals surface area (Å²) < 4.78 is 10.7. The number of hydrogen-bond acceptors (Lipinski definition) is 4. The van der Waals surface area contributed by atoms with Gasteiger partial charge in [0.05, 0.1) is 12.5 Å². The van der Waals surface area contributed by atoms with Gasteiger partial charge in [-0.15, -0.1) is 0 Å². The lowest BCUT2D eigenvalue weighted by molar-refractivity contribution is -0.142. The van der Waals surface area contributed by atoms with E-state index in [9.17, 15) is 4.79 Å². The number of amides is 1. The van der Waals surface area contributed by atoms with E-state index in [0.717, 1.165) is 13.0 Å². The summed E-state index contributed by atoms with van der Waals surface area (Å²) in [6.45, 7) is 8.38. The van der Waals surface area contributed by atoms with Crippen LogP contribution < -0.4 is 10.6 Å². The highest BCUT2D eigenvalue weighted by atomic mass is 16.7. The van der Waals surface area contributed by atoms with Gasteiger partial charge >= 0.3 is 0 Å². The highest BCUT2D eigenvalue weighted by molar-refractivity contribution is 5.79. The monoisotopic (exact) mass is 244 g/mol. The molecule has 0 aromatic heterocycles. The Labute approximate surface area is 103 Å². The van der Waals surface area contributed by atoms with E-state index in [1.54, 1.807) is 0 Å². The van der Waals surface area contributed by atoms with E-state index < -0.39 is 0 Å². The van der Waals surface area contributed by atoms with Gasteiger partial charge in [0.1, 0.15) is 0 Å². The molecule has 2 atom stereocenters. The predicted molar refractivity (Wildman–Crippen MR) is 65.6 cm³/mol. The molecule has 0 saturated carbocycles. The molecule has 1 aliphatic heterocycles. The van der Waals surface area contributed by atoms with Crippen LogP contribution in [0.4, 0.5) is 0 Å². The minimum atomic E-state index is -0.335. The van der Waals surface area contributed by atoms with E-state index in [0.29, 0.717) is 19.8 Å². The van der Waals surface area contributed by atoms with E-state index >= 15 is 0 Å². The number of rotatable bonds is 7. The average Bonchev–Trinajstić information content (AvgIpc) is 2.72. The van der Waals surface area contributed by atoms with Gasteiger partial charge in [-0.3, -0.25) is 4.79 Å². The second-order valence-corrected chi connectivity index (χ2v) is 4.22. The molecule has 5 heteroatoms. The molecule has 0 aromatic carbocycles. The third-order valence-electron chi connectivity index (χ3n) is 3.01. The normalized spacial score (nSPS) is 24.2. The van der Waals surface area contributed by atoms with Gasteiger partial charge < -0.3 is 20.1 Å². The second kappa shape index (κ2) is 7.63. The third kappa shape index (κ3) is 4.61. The van der Waals surface area contributed by atoms with E-state index in [4.69, 9.17) is 9.47 Å². The van der Waals surface area contributed by atoms with Crippen LogP contribution in [0.2, 0.25) is 0 Å². The van der Waals surface area contributed by atoms with Crippen molar-refractivity contribution >= 4 is 5.91 Å². The summed E-state index contributed by atoms with van der Waals surface area (Å²) in [5.41, 5.74) is 0. The molecular weight excluding hydrogens is 220 g/mol. The van der Waals surface area contributed by atoms with Crippen LogP contribution in [0, 0.1) is 5.92 Å². The maximum Gasteiger partial charge on any atom is 0.224 e. The van der Waals surface area contributed by atoms with Gasteiger partial charge in [-0.2, -0.15) is 0 Å². The molecule has 1 amide bonds. The zero-order chi connectivity index (χ0) is 12.7. The molecule has 0 radical (unpaired) electrons. The molecule has 0 bridgehead atoms. The van der Waals surface area contributed by atoms with Gasteiger partial charge in [0.25, 0.3) is 0 Å². The SMILES string of the molecule is CCOC(CNC(=O)C1CCNC1C)OCC. The molecule has 1 rings (SSSR count). The van der Waals surface area contributed by atoms with Crippen molar-refractivity contribution in [3.05, 3.63) is 0 Å². The lowest BCUT2D eigenvalue weighted by atomic mass is 10.0. The molecule has 2 N–H and O–H groups in total. The number of hydrogen-bond donors (Lipinski definition) is 2. The molecule has 1 saturated heterocycles. The van der Waals surface area contributed by atoms with Crippen molar-refractivity contribution < 1.29 is 14.3 Å². The third-order valence-corrected chi connectivity index (χ3v) is 3.01. The lowest BCUT2D eigenvalue weighted by Gasteiger charge is -2.20. The highest BCUT2D eigenvalue weighted by Gasteiger charge is 2.29. The van der Waals surface area contributed by atoms with Crippen molar-refractivity contribution in [1.29, 1.82) is 0 Å². The van der Waals surface area contributed by atoms with Crippen LogP contribution in [-0.4, -0.2) is 44.5 Å². The van der Waals surface area contributed by atoms with Crippen molar-refractivity contribution in [3.63, 3.8) is 0 Å². The fourth-order valence-corrected chi connectivity index (χ4v) is 2.07. The molecule has 0 aliphatic carbocycles. The van der Waals surface area contributed by atoms with Crippen LogP contribution in [0.25, 0.3) is 0 Å². The van der Waals surface area contributed by atoms with Crippen molar-refractivity contribution in [2.45, 2.75) is 39.5 Å². The fourth-order valence-electron chi connectivity index (χ4n) is 2.07. The Balaban J connectivity index is 2.29. The Morgan fingerprint density at radius 2 is 2.06 bits per heavy atom. The topological polar surface area (TPSA) is 59.6 Å². The average molecular weight is 244 g/mol. The van der Waals surface area contributed by atoms with Gasteiger partial charge in [-0.05, 0) is 33.7 Å². The molecule has 17 heavy (non-hydrogen) atoms. The Hall–Kier alpha value is -0.650. The lowest BCUT2D eigenvalue weighted by Crippen LogP contribution is -2.41. The van der Waals surface area contributed by atoms with Crippen LogP contribution in [0.3, 0.4) is 0 Å². The standard InChI is InChI=1S/C12H24N2O3/c1-4-16-11(17-5-2)8-14-12(15)10-6-7-13-9(10)3/h9-11,13H,4-8H2,1-3H3,(H,14,15). The summed E-state index contributed by atoms with van der Waals surface area (Å²) in [6, 6.07) is 0.257. The predicted octanol–water partition coefficient (Wildman–Crippen LogP) is 0.500. The Morgan fingerprint density at radius 1 is 1.41 bits per heavy atom. The first-order valence-corrected chi connectivity index (χ1v) is 6.43.